The van der Waals surface area contributed by atoms with E-state index in [2.05, 4.69) is 15.5 Å². The molecule has 7 heteroatoms. The molecule has 1 amide bonds. The molecule has 25 heavy (non-hydrogen) atoms. The molecule has 2 aromatic carbocycles. The highest BCUT2D eigenvalue weighted by Crippen LogP contribution is 2.20. The third-order valence-electron chi connectivity index (χ3n) is 3.64. The number of carbonyl (C=O) groups is 1. The lowest BCUT2D eigenvalue weighted by Crippen LogP contribution is -2.28. The SMILES string of the molecule is CC(CNC(=O)c1cc(F)ccc1Cl)c1nc(-c2ccccc2)no1. The minimum Gasteiger partial charge on any atom is -0.351 e. The summed E-state index contributed by atoms with van der Waals surface area (Å²) in [7, 11) is 0. The fourth-order valence-electron chi connectivity index (χ4n) is 2.24. The summed E-state index contributed by atoms with van der Waals surface area (Å²) in [4.78, 5) is 16.5. The van der Waals surface area contributed by atoms with E-state index >= 15 is 0 Å². The normalized spacial score (nSPS) is 12.0. The van der Waals surface area contributed by atoms with Crippen LogP contribution in [-0.4, -0.2) is 22.6 Å². The summed E-state index contributed by atoms with van der Waals surface area (Å²) in [5.74, 6) is -0.293. The van der Waals surface area contributed by atoms with Crippen LogP contribution in [0.25, 0.3) is 11.4 Å². The Morgan fingerprint density at radius 1 is 1.28 bits per heavy atom. The second-order valence-electron chi connectivity index (χ2n) is 5.56. The first kappa shape index (κ1) is 17.1. The number of hydrogen-bond acceptors (Lipinski definition) is 4. The molecule has 0 aliphatic heterocycles. The number of nitrogens with zero attached hydrogens (tertiary/aromatic N) is 2. The van der Waals surface area contributed by atoms with Gasteiger partial charge in [0.05, 0.1) is 16.5 Å². The second-order valence-corrected chi connectivity index (χ2v) is 5.96. The van der Waals surface area contributed by atoms with Gasteiger partial charge < -0.3 is 9.84 Å². The Morgan fingerprint density at radius 2 is 2.04 bits per heavy atom. The van der Waals surface area contributed by atoms with Crippen LogP contribution < -0.4 is 5.32 Å². The van der Waals surface area contributed by atoms with Gasteiger partial charge in [0.1, 0.15) is 5.82 Å². The van der Waals surface area contributed by atoms with Gasteiger partial charge in [0, 0.05) is 12.1 Å². The first-order chi connectivity index (χ1) is 12.0. The maximum Gasteiger partial charge on any atom is 0.252 e. The van der Waals surface area contributed by atoms with E-state index in [-0.39, 0.29) is 23.0 Å². The number of halogens is 2. The molecule has 0 fully saturated rings. The third-order valence-corrected chi connectivity index (χ3v) is 3.97. The summed E-state index contributed by atoms with van der Waals surface area (Å²) in [6, 6.07) is 13.1. The average molecular weight is 360 g/mol. The van der Waals surface area contributed by atoms with Crippen molar-refractivity contribution in [3.63, 3.8) is 0 Å². The molecule has 5 nitrogen and oxygen atoms in total. The standard InChI is InChI=1S/C18H15ClFN3O2/c1-11(10-21-17(24)14-9-13(20)7-8-15(14)19)18-22-16(23-25-18)12-5-3-2-4-6-12/h2-9,11H,10H2,1H3,(H,21,24). The second kappa shape index (κ2) is 7.44. The van der Waals surface area contributed by atoms with E-state index in [9.17, 15) is 9.18 Å². The van der Waals surface area contributed by atoms with Crippen molar-refractivity contribution in [1.82, 2.24) is 15.5 Å². The van der Waals surface area contributed by atoms with Gasteiger partial charge in [0.15, 0.2) is 0 Å². The third kappa shape index (κ3) is 4.03. The van der Waals surface area contributed by atoms with Gasteiger partial charge in [-0.3, -0.25) is 4.79 Å². The molecule has 0 aliphatic rings. The van der Waals surface area contributed by atoms with Crippen molar-refractivity contribution in [1.29, 1.82) is 0 Å². The highest BCUT2D eigenvalue weighted by molar-refractivity contribution is 6.33. The number of hydrogen-bond donors (Lipinski definition) is 1. The van der Waals surface area contributed by atoms with Gasteiger partial charge in [-0.25, -0.2) is 4.39 Å². The van der Waals surface area contributed by atoms with E-state index in [0.717, 1.165) is 11.6 Å². The smallest absolute Gasteiger partial charge is 0.252 e. The average Bonchev–Trinajstić information content (AvgIpc) is 3.12. The number of nitrogens with one attached hydrogen (secondary N) is 1. The topological polar surface area (TPSA) is 68.0 Å². The molecule has 1 aromatic heterocycles. The zero-order valence-corrected chi connectivity index (χ0v) is 14.1. The Morgan fingerprint density at radius 3 is 2.80 bits per heavy atom. The Hall–Kier alpha value is -2.73. The Labute approximate surface area is 148 Å². The van der Waals surface area contributed by atoms with Crippen LogP contribution >= 0.6 is 11.6 Å². The van der Waals surface area contributed by atoms with Crippen LogP contribution in [-0.2, 0) is 0 Å². The first-order valence-electron chi connectivity index (χ1n) is 7.67. The van der Waals surface area contributed by atoms with Crippen molar-refractivity contribution in [2.45, 2.75) is 12.8 Å². The van der Waals surface area contributed by atoms with Crippen LogP contribution in [0.3, 0.4) is 0 Å². The van der Waals surface area contributed by atoms with Crippen molar-refractivity contribution in [2.75, 3.05) is 6.54 Å². The van der Waals surface area contributed by atoms with E-state index < -0.39 is 11.7 Å². The van der Waals surface area contributed by atoms with Crippen molar-refractivity contribution in [2.24, 2.45) is 0 Å². The number of carbonyl (C=O) groups excluding carboxylic acids is 1. The maximum absolute atomic E-state index is 13.3. The van der Waals surface area contributed by atoms with Gasteiger partial charge in [-0.05, 0) is 18.2 Å². The van der Waals surface area contributed by atoms with Crippen LogP contribution in [0.5, 0.6) is 0 Å². The molecule has 0 radical (unpaired) electrons. The van der Waals surface area contributed by atoms with Crippen molar-refractivity contribution < 1.29 is 13.7 Å². The molecule has 0 saturated heterocycles. The highest BCUT2D eigenvalue weighted by atomic mass is 35.5. The summed E-state index contributed by atoms with van der Waals surface area (Å²) in [5, 5.41) is 6.84. The van der Waals surface area contributed by atoms with Crippen molar-refractivity contribution in [3.05, 3.63) is 70.8 Å². The lowest BCUT2D eigenvalue weighted by molar-refractivity contribution is 0.0950. The molecule has 3 aromatic rings. The lowest BCUT2D eigenvalue weighted by atomic mass is 10.1. The summed E-state index contributed by atoms with van der Waals surface area (Å²) < 4.78 is 18.5. The zero-order chi connectivity index (χ0) is 17.8. The van der Waals surface area contributed by atoms with Crippen LogP contribution in [0.4, 0.5) is 4.39 Å². The van der Waals surface area contributed by atoms with Gasteiger partial charge in [-0.2, -0.15) is 4.98 Å². The molecule has 1 N–H and O–H groups in total. The number of aromatic nitrogens is 2. The van der Waals surface area contributed by atoms with Crippen LogP contribution in [0.15, 0.2) is 53.1 Å². The maximum atomic E-state index is 13.3. The summed E-state index contributed by atoms with van der Waals surface area (Å²) in [6.45, 7) is 2.10. The summed E-state index contributed by atoms with van der Waals surface area (Å²) in [5.41, 5.74) is 0.935. The number of amides is 1. The molecular formula is C18H15ClFN3O2. The van der Waals surface area contributed by atoms with Crippen LogP contribution in [0.2, 0.25) is 5.02 Å². The van der Waals surface area contributed by atoms with Crippen LogP contribution in [0.1, 0.15) is 29.1 Å². The van der Waals surface area contributed by atoms with Gasteiger partial charge in [-0.1, -0.05) is 54.0 Å². The minimum atomic E-state index is -0.521. The van der Waals surface area contributed by atoms with E-state index in [4.69, 9.17) is 16.1 Å². The Balaban J connectivity index is 1.65. The van der Waals surface area contributed by atoms with Gasteiger partial charge in [0.25, 0.3) is 5.91 Å². The summed E-state index contributed by atoms with van der Waals surface area (Å²) in [6.07, 6.45) is 0. The highest BCUT2D eigenvalue weighted by Gasteiger charge is 2.18. The Bertz CT molecular complexity index is 883. The number of benzene rings is 2. The lowest BCUT2D eigenvalue weighted by Gasteiger charge is -2.09. The first-order valence-corrected chi connectivity index (χ1v) is 8.04. The van der Waals surface area contributed by atoms with Gasteiger partial charge in [0.2, 0.25) is 11.7 Å². The quantitative estimate of drug-likeness (QED) is 0.745. The van der Waals surface area contributed by atoms with E-state index in [1.165, 1.54) is 12.1 Å². The molecule has 3 rings (SSSR count). The molecule has 0 saturated carbocycles. The molecule has 1 atom stereocenters. The monoisotopic (exact) mass is 359 g/mol. The molecular weight excluding hydrogens is 345 g/mol. The fraction of sp³-hybridized carbons (Fsp3) is 0.167. The minimum absolute atomic E-state index is 0.0874. The zero-order valence-electron chi connectivity index (χ0n) is 13.4. The molecule has 1 unspecified atom stereocenters. The molecule has 128 valence electrons. The Kier molecular flexibility index (Phi) is 5.09. The van der Waals surface area contributed by atoms with Gasteiger partial charge in [-0.15, -0.1) is 0 Å². The molecule has 0 bridgehead atoms. The predicted molar refractivity (Wildman–Crippen MR) is 91.9 cm³/mol. The van der Waals surface area contributed by atoms with E-state index in [0.29, 0.717) is 11.7 Å². The summed E-state index contributed by atoms with van der Waals surface area (Å²) >= 11 is 5.93. The predicted octanol–water partition coefficient (Wildman–Crippen LogP) is 4.06. The van der Waals surface area contributed by atoms with E-state index in [1.54, 1.807) is 0 Å². The van der Waals surface area contributed by atoms with Crippen molar-refractivity contribution in [3.8, 4) is 11.4 Å². The number of rotatable bonds is 5. The largest absolute Gasteiger partial charge is 0.351 e. The molecule has 1 heterocycles. The van der Waals surface area contributed by atoms with Crippen molar-refractivity contribution >= 4 is 17.5 Å². The molecule has 0 spiro atoms. The van der Waals surface area contributed by atoms with Crippen LogP contribution in [0, 0.1) is 5.82 Å². The molecule has 0 aliphatic carbocycles. The van der Waals surface area contributed by atoms with E-state index in [1.807, 2.05) is 37.3 Å². The fourth-order valence-corrected chi connectivity index (χ4v) is 2.44. The van der Waals surface area contributed by atoms with Gasteiger partial charge >= 0.3 is 0 Å².